The zero-order valence-corrected chi connectivity index (χ0v) is 9.30. The molecule has 0 bridgehead atoms. The van der Waals surface area contributed by atoms with Gasteiger partial charge in [-0.1, -0.05) is 0 Å². The van der Waals surface area contributed by atoms with Gasteiger partial charge < -0.3 is 9.94 Å². The third-order valence-corrected chi connectivity index (χ3v) is 2.41. The van der Waals surface area contributed by atoms with Crippen LogP contribution in [0.4, 0.5) is 0 Å². The summed E-state index contributed by atoms with van der Waals surface area (Å²) in [7, 11) is 1.20. The van der Waals surface area contributed by atoms with Crippen LogP contribution >= 0.6 is 0 Å². The first-order chi connectivity index (χ1) is 8.04. The Kier molecular flexibility index (Phi) is 2.55. The molecule has 88 valence electrons. The number of benzene rings is 1. The van der Waals surface area contributed by atoms with Crippen LogP contribution in [-0.2, 0) is 4.74 Å². The number of carbonyl (C=O) groups is 2. The van der Waals surface area contributed by atoms with Crippen molar-refractivity contribution in [1.29, 1.82) is 0 Å². The van der Waals surface area contributed by atoms with Crippen LogP contribution in [0.2, 0.25) is 0 Å². The number of aromatic nitrogens is 2. The number of methoxy groups -OCH3 is 1. The van der Waals surface area contributed by atoms with Gasteiger partial charge in [-0.25, -0.2) is 9.78 Å². The van der Waals surface area contributed by atoms with Crippen LogP contribution in [0.25, 0.3) is 11.0 Å². The summed E-state index contributed by atoms with van der Waals surface area (Å²) in [6.45, 7) is 1.42. The zero-order chi connectivity index (χ0) is 12.6. The Morgan fingerprint density at radius 3 is 2.71 bits per heavy atom. The van der Waals surface area contributed by atoms with Crippen LogP contribution in [0.5, 0.6) is 0 Å². The summed E-state index contributed by atoms with van der Waals surface area (Å²) in [5.41, 5.74) is 1.14. The maximum Gasteiger partial charge on any atom is 0.377 e. The van der Waals surface area contributed by atoms with Crippen molar-refractivity contribution in [2.75, 3.05) is 7.11 Å². The molecule has 0 amide bonds. The molecule has 1 N–H and O–H groups in total. The van der Waals surface area contributed by atoms with E-state index in [1.165, 1.54) is 20.1 Å². The minimum absolute atomic E-state index is 0.132. The molecule has 0 radical (unpaired) electrons. The molecule has 0 aliphatic heterocycles. The van der Waals surface area contributed by atoms with E-state index in [-0.39, 0.29) is 17.1 Å². The van der Waals surface area contributed by atoms with Gasteiger partial charge in [0.25, 0.3) is 5.82 Å². The Labute approximate surface area is 96.4 Å². The van der Waals surface area contributed by atoms with Crippen LogP contribution in [0.15, 0.2) is 18.2 Å². The fourth-order valence-corrected chi connectivity index (χ4v) is 1.51. The molecule has 2 rings (SSSR count). The molecule has 1 aromatic heterocycles. The number of hydrogen-bond acceptors (Lipinski definition) is 5. The SMILES string of the molecule is COC(=O)c1nc2ccc(C(C)=O)cc2n1O. The van der Waals surface area contributed by atoms with Crippen molar-refractivity contribution < 1.29 is 19.5 Å². The Bertz CT molecular complexity index is 615. The molecule has 0 unspecified atom stereocenters. The average Bonchev–Trinajstić information content (AvgIpc) is 2.65. The molecule has 1 heterocycles. The van der Waals surface area contributed by atoms with E-state index in [0.717, 1.165) is 0 Å². The lowest BCUT2D eigenvalue weighted by atomic mass is 10.1. The van der Waals surface area contributed by atoms with Crippen molar-refractivity contribution in [3.63, 3.8) is 0 Å². The van der Waals surface area contributed by atoms with E-state index in [1.54, 1.807) is 12.1 Å². The number of ketones is 1. The van der Waals surface area contributed by atoms with Gasteiger partial charge in [0.2, 0.25) is 0 Å². The number of Topliss-reactive ketones (excluding diaryl/α,β-unsaturated/α-hetero) is 1. The molecule has 1 aromatic carbocycles. The minimum Gasteiger partial charge on any atom is -0.463 e. The quantitative estimate of drug-likeness (QED) is 0.480. The second kappa shape index (κ2) is 3.89. The average molecular weight is 234 g/mol. The number of rotatable bonds is 2. The van der Waals surface area contributed by atoms with Gasteiger partial charge in [-0.2, -0.15) is 4.73 Å². The van der Waals surface area contributed by atoms with Gasteiger partial charge in [0.1, 0.15) is 5.52 Å². The summed E-state index contributed by atoms with van der Waals surface area (Å²) in [6.07, 6.45) is 0. The first-order valence-electron chi connectivity index (χ1n) is 4.85. The molecule has 6 heteroatoms. The lowest BCUT2D eigenvalue weighted by Gasteiger charge is -1.99. The summed E-state index contributed by atoms with van der Waals surface area (Å²) >= 11 is 0. The second-order valence-corrected chi connectivity index (χ2v) is 3.50. The molecule has 0 aliphatic rings. The smallest absolute Gasteiger partial charge is 0.377 e. The molecule has 0 spiro atoms. The van der Waals surface area contributed by atoms with E-state index in [4.69, 9.17) is 0 Å². The topological polar surface area (TPSA) is 81.4 Å². The standard InChI is InChI=1S/C11H10N2O4/c1-6(14)7-3-4-8-9(5-7)13(16)10(12-8)11(15)17-2/h3-5,16H,1-2H3. The maximum atomic E-state index is 11.3. The molecular weight excluding hydrogens is 224 g/mol. The highest BCUT2D eigenvalue weighted by Gasteiger charge is 2.18. The number of esters is 1. The zero-order valence-electron chi connectivity index (χ0n) is 9.30. The summed E-state index contributed by atoms with van der Waals surface area (Å²) in [6, 6.07) is 4.61. The van der Waals surface area contributed by atoms with Crippen molar-refractivity contribution in [1.82, 2.24) is 9.71 Å². The lowest BCUT2D eigenvalue weighted by molar-refractivity contribution is 0.0543. The Morgan fingerprint density at radius 1 is 1.41 bits per heavy atom. The van der Waals surface area contributed by atoms with E-state index < -0.39 is 5.97 Å². The fourth-order valence-electron chi connectivity index (χ4n) is 1.51. The van der Waals surface area contributed by atoms with Gasteiger partial charge in [0.15, 0.2) is 5.78 Å². The molecule has 0 saturated carbocycles. The minimum atomic E-state index is -0.743. The molecule has 17 heavy (non-hydrogen) atoms. The second-order valence-electron chi connectivity index (χ2n) is 3.50. The van der Waals surface area contributed by atoms with Gasteiger partial charge in [-0.3, -0.25) is 4.79 Å². The molecule has 0 aliphatic carbocycles. The number of carbonyl (C=O) groups excluding carboxylic acids is 2. The van der Waals surface area contributed by atoms with Crippen LogP contribution in [-0.4, -0.2) is 33.8 Å². The van der Waals surface area contributed by atoms with Crippen molar-refractivity contribution >= 4 is 22.8 Å². The van der Waals surface area contributed by atoms with E-state index in [9.17, 15) is 14.8 Å². The number of ether oxygens (including phenoxy) is 1. The molecule has 6 nitrogen and oxygen atoms in total. The Hall–Kier alpha value is -2.37. The maximum absolute atomic E-state index is 11.3. The lowest BCUT2D eigenvalue weighted by Crippen LogP contribution is -2.09. The van der Waals surface area contributed by atoms with E-state index in [0.29, 0.717) is 15.8 Å². The van der Waals surface area contributed by atoms with Crippen LogP contribution in [0.1, 0.15) is 27.9 Å². The monoisotopic (exact) mass is 234 g/mol. The van der Waals surface area contributed by atoms with Gasteiger partial charge in [0.05, 0.1) is 12.6 Å². The van der Waals surface area contributed by atoms with Gasteiger partial charge >= 0.3 is 5.97 Å². The van der Waals surface area contributed by atoms with Crippen LogP contribution in [0, 0.1) is 0 Å². The highest BCUT2D eigenvalue weighted by Crippen LogP contribution is 2.17. The predicted molar refractivity (Wildman–Crippen MR) is 58.3 cm³/mol. The van der Waals surface area contributed by atoms with E-state index in [2.05, 4.69) is 9.72 Å². The van der Waals surface area contributed by atoms with Crippen molar-refractivity contribution in [3.05, 3.63) is 29.6 Å². The van der Waals surface area contributed by atoms with Crippen LogP contribution < -0.4 is 0 Å². The van der Waals surface area contributed by atoms with Crippen molar-refractivity contribution in [2.45, 2.75) is 6.92 Å². The number of nitrogens with zero attached hydrogens (tertiary/aromatic N) is 2. The summed E-state index contributed by atoms with van der Waals surface area (Å²) in [5, 5.41) is 9.74. The fraction of sp³-hybridized carbons (Fsp3) is 0.182. The van der Waals surface area contributed by atoms with Crippen LogP contribution in [0.3, 0.4) is 0 Å². The van der Waals surface area contributed by atoms with E-state index >= 15 is 0 Å². The first-order valence-corrected chi connectivity index (χ1v) is 4.85. The number of fused-ring (bicyclic) bond motifs is 1. The largest absolute Gasteiger partial charge is 0.463 e. The normalized spacial score (nSPS) is 10.5. The first kappa shape index (κ1) is 11.1. The van der Waals surface area contributed by atoms with Gasteiger partial charge in [-0.15, -0.1) is 0 Å². The van der Waals surface area contributed by atoms with E-state index in [1.807, 2.05) is 0 Å². The molecule has 0 saturated heterocycles. The number of hydrogen-bond donors (Lipinski definition) is 1. The molecule has 0 fully saturated rings. The summed E-state index contributed by atoms with van der Waals surface area (Å²) in [4.78, 5) is 26.4. The molecule has 2 aromatic rings. The molecule has 0 atom stereocenters. The highest BCUT2D eigenvalue weighted by atomic mass is 16.5. The summed E-state index contributed by atoms with van der Waals surface area (Å²) in [5.74, 6) is -1.09. The van der Waals surface area contributed by atoms with Gasteiger partial charge in [0, 0.05) is 5.56 Å². The number of imidazole rings is 1. The van der Waals surface area contributed by atoms with Crippen molar-refractivity contribution in [3.8, 4) is 0 Å². The third kappa shape index (κ3) is 1.73. The highest BCUT2D eigenvalue weighted by molar-refractivity contribution is 5.98. The summed E-state index contributed by atoms with van der Waals surface area (Å²) < 4.78 is 5.09. The third-order valence-electron chi connectivity index (χ3n) is 2.41. The van der Waals surface area contributed by atoms with Crippen molar-refractivity contribution in [2.24, 2.45) is 0 Å². The Morgan fingerprint density at radius 2 is 2.12 bits per heavy atom. The molecular formula is C11H10N2O4. The predicted octanol–water partition coefficient (Wildman–Crippen LogP) is 1.26. The van der Waals surface area contributed by atoms with Gasteiger partial charge in [-0.05, 0) is 25.1 Å². The Balaban J connectivity index is 2.66.